The Hall–Kier alpha value is -3.66. The first-order valence-electron chi connectivity index (χ1n) is 10.8. The number of anilines is 1. The van der Waals surface area contributed by atoms with Gasteiger partial charge in [-0.1, -0.05) is 77.2 Å². The molecule has 4 aromatic rings. The monoisotopic (exact) mass is 535 g/mol. The Labute approximate surface area is 219 Å². The highest BCUT2D eigenvalue weighted by Gasteiger charge is 2.48. The number of carbonyl (C=O) groups is 2. The zero-order chi connectivity index (χ0) is 25.2. The van der Waals surface area contributed by atoms with Crippen LogP contribution in [0.5, 0.6) is 5.75 Å². The molecule has 0 aliphatic carbocycles. The number of ketones is 1. The van der Waals surface area contributed by atoms with Crippen molar-refractivity contribution in [2.75, 3.05) is 4.90 Å². The first-order valence-corrected chi connectivity index (χ1v) is 13.0. The highest BCUT2D eigenvalue weighted by atomic mass is 35.5. The second-order valence-electron chi connectivity index (χ2n) is 7.89. The minimum atomic E-state index is -0.957. The predicted molar refractivity (Wildman–Crippen MR) is 140 cm³/mol. The van der Waals surface area contributed by atoms with Crippen LogP contribution in [0.4, 0.5) is 5.13 Å². The maximum absolute atomic E-state index is 13.2. The number of benzene rings is 3. The maximum Gasteiger partial charge on any atom is 0.301 e. The van der Waals surface area contributed by atoms with E-state index in [2.05, 4.69) is 10.2 Å². The second-order valence-corrected chi connectivity index (χ2v) is 10.5. The zero-order valence-corrected chi connectivity index (χ0v) is 20.9. The summed E-state index contributed by atoms with van der Waals surface area (Å²) < 4.78 is 0.637. The van der Waals surface area contributed by atoms with E-state index in [4.69, 9.17) is 11.6 Å². The zero-order valence-electron chi connectivity index (χ0n) is 18.5. The predicted octanol–water partition coefficient (Wildman–Crippen LogP) is 5.82. The fourth-order valence-electron chi connectivity index (χ4n) is 3.84. The van der Waals surface area contributed by atoms with Gasteiger partial charge in [0.05, 0.1) is 11.6 Å². The summed E-state index contributed by atoms with van der Waals surface area (Å²) in [7, 11) is 0. The average Bonchev–Trinajstić information content (AvgIpc) is 3.46. The van der Waals surface area contributed by atoms with Crippen LogP contribution in [0.15, 0.2) is 88.8 Å². The number of aromatic hydroxyl groups is 1. The minimum absolute atomic E-state index is 0.0314. The summed E-state index contributed by atoms with van der Waals surface area (Å²) in [6.45, 7) is 0. The van der Waals surface area contributed by atoms with E-state index in [-0.39, 0.29) is 22.2 Å². The quantitative estimate of drug-likeness (QED) is 0.105. The molecular weight excluding hydrogens is 518 g/mol. The number of carbonyl (C=O) groups excluding carboxylic acids is 2. The normalized spacial score (nSPS) is 17.0. The van der Waals surface area contributed by atoms with Crippen molar-refractivity contribution < 1.29 is 19.8 Å². The Kier molecular flexibility index (Phi) is 6.77. The number of hydrogen-bond acceptors (Lipinski definition) is 8. The van der Waals surface area contributed by atoms with Gasteiger partial charge in [-0.2, -0.15) is 0 Å². The summed E-state index contributed by atoms with van der Waals surface area (Å²) in [5.41, 5.74) is 1.90. The van der Waals surface area contributed by atoms with Crippen LogP contribution in [-0.4, -0.2) is 32.1 Å². The number of aromatic nitrogens is 2. The van der Waals surface area contributed by atoms with E-state index in [0.29, 0.717) is 26.2 Å². The molecule has 1 amide bonds. The van der Waals surface area contributed by atoms with Gasteiger partial charge in [0.15, 0.2) is 4.34 Å². The van der Waals surface area contributed by atoms with Crippen molar-refractivity contribution >= 4 is 57.3 Å². The van der Waals surface area contributed by atoms with Gasteiger partial charge in [-0.3, -0.25) is 14.5 Å². The molecule has 0 saturated carbocycles. The number of nitrogens with zero attached hydrogens (tertiary/aromatic N) is 3. The van der Waals surface area contributed by atoms with Crippen LogP contribution < -0.4 is 4.90 Å². The molecule has 180 valence electrons. The number of amides is 1. The van der Waals surface area contributed by atoms with Crippen molar-refractivity contribution in [1.82, 2.24) is 10.2 Å². The smallest absolute Gasteiger partial charge is 0.301 e. The van der Waals surface area contributed by atoms with E-state index in [1.165, 1.54) is 40.1 Å². The van der Waals surface area contributed by atoms with Gasteiger partial charge in [-0.25, -0.2) is 0 Å². The van der Waals surface area contributed by atoms with Crippen LogP contribution in [0.2, 0.25) is 5.02 Å². The van der Waals surface area contributed by atoms with Crippen molar-refractivity contribution in [3.8, 4) is 5.75 Å². The molecule has 0 spiro atoms. The Morgan fingerprint density at radius 3 is 2.36 bits per heavy atom. The molecule has 1 aromatic heterocycles. The summed E-state index contributed by atoms with van der Waals surface area (Å²) >= 11 is 8.64. The number of hydrogen-bond donors (Lipinski definition) is 2. The van der Waals surface area contributed by atoms with Gasteiger partial charge in [0, 0.05) is 16.3 Å². The van der Waals surface area contributed by atoms with Crippen molar-refractivity contribution in [3.63, 3.8) is 0 Å². The van der Waals surface area contributed by atoms with Crippen molar-refractivity contribution in [2.45, 2.75) is 16.1 Å². The molecule has 2 N–H and O–H groups in total. The van der Waals surface area contributed by atoms with Gasteiger partial charge >= 0.3 is 5.91 Å². The maximum atomic E-state index is 13.2. The number of thioether (sulfide) groups is 1. The minimum Gasteiger partial charge on any atom is -0.508 e. The van der Waals surface area contributed by atoms with Crippen molar-refractivity contribution in [1.29, 1.82) is 0 Å². The van der Waals surface area contributed by atoms with Gasteiger partial charge in [0.2, 0.25) is 5.13 Å². The summed E-state index contributed by atoms with van der Waals surface area (Å²) in [6.07, 6.45) is 0. The lowest BCUT2D eigenvalue weighted by Gasteiger charge is -2.22. The van der Waals surface area contributed by atoms with E-state index in [1.807, 2.05) is 30.3 Å². The topological polar surface area (TPSA) is 104 Å². The molecule has 10 heteroatoms. The molecule has 0 radical (unpaired) electrons. The summed E-state index contributed by atoms with van der Waals surface area (Å²) in [4.78, 5) is 27.7. The lowest BCUT2D eigenvalue weighted by molar-refractivity contribution is -0.132. The molecule has 1 saturated heterocycles. The third-order valence-corrected chi connectivity index (χ3v) is 7.96. The number of aliphatic hydroxyl groups excluding tert-OH is 1. The standard InChI is InChI=1S/C26H18ClN3O4S2/c27-18-10-6-17(7-11-18)22(32)20-21(16-8-12-19(31)13-9-16)30(24(34)23(20)33)25-28-29-26(36-25)35-14-15-4-2-1-3-5-15/h1-13,21,31-32H,14H2/b22-20-. The van der Waals surface area contributed by atoms with Crippen LogP contribution in [-0.2, 0) is 15.3 Å². The Balaban J connectivity index is 1.55. The van der Waals surface area contributed by atoms with E-state index in [1.54, 1.807) is 36.4 Å². The fourth-order valence-corrected chi connectivity index (χ4v) is 5.79. The van der Waals surface area contributed by atoms with Crippen LogP contribution in [0.25, 0.3) is 5.76 Å². The van der Waals surface area contributed by atoms with E-state index in [0.717, 1.165) is 5.56 Å². The van der Waals surface area contributed by atoms with Crippen molar-refractivity contribution in [2.24, 2.45) is 0 Å². The SMILES string of the molecule is O=C1C(=O)N(c2nnc(SCc3ccccc3)s2)C(c2ccc(O)cc2)/C1=C(/O)c1ccc(Cl)cc1. The van der Waals surface area contributed by atoms with E-state index < -0.39 is 17.7 Å². The lowest BCUT2D eigenvalue weighted by atomic mass is 9.95. The molecule has 1 aliphatic rings. The number of halogens is 1. The highest BCUT2D eigenvalue weighted by molar-refractivity contribution is 8.00. The lowest BCUT2D eigenvalue weighted by Crippen LogP contribution is -2.29. The van der Waals surface area contributed by atoms with Gasteiger partial charge < -0.3 is 10.2 Å². The van der Waals surface area contributed by atoms with Crippen LogP contribution in [0.3, 0.4) is 0 Å². The number of aliphatic hydroxyl groups is 1. The van der Waals surface area contributed by atoms with Gasteiger partial charge in [-0.15, -0.1) is 10.2 Å². The Bertz CT molecular complexity index is 1450. The van der Waals surface area contributed by atoms with Crippen LogP contribution in [0, 0.1) is 0 Å². The van der Waals surface area contributed by atoms with Crippen LogP contribution in [0.1, 0.15) is 22.7 Å². The van der Waals surface area contributed by atoms with E-state index >= 15 is 0 Å². The fraction of sp³-hybridized carbons (Fsp3) is 0.0769. The average molecular weight is 536 g/mol. The third-order valence-electron chi connectivity index (χ3n) is 5.58. The number of Topliss-reactive ketones (excluding diaryl/α,β-unsaturated/α-hetero) is 1. The molecule has 36 heavy (non-hydrogen) atoms. The van der Waals surface area contributed by atoms with Crippen LogP contribution >= 0.6 is 34.7 Å². The molecule has 1 aliphatic heterocycles. The second kappa shape index (κ2) is 10.1. The summed E-state index contributed by atoms with van der Waals surface area (Å²) in [5.74, 6) is -1.28. The molecule has 2 heterocycles. The molecule has 1 fully saturated rings. The molecule has 3 aromatic carbocycles. The summed E-state index contributed by atoms with van der Waals surface area (Å²) in [5, 5.41) is 30.0. The first-order chi connectivity index (χ1) is 17.4. The highest BCUT2D eigenvalue weighted by Crippen LogP contribution is 2.44. The molecule has 1 atom stereocenters. The Morgan fingerprint density at radius 1 is 0.972 bits per heavy atom. The number of phenolic OH excluding ortho intramolecular Hbond substituents is 1. The molecule has 0 bridgehead atoms. The third kappa shape index (κ3) is 4.73. The van der Waals surface area contributed by atoms with Gasteiger partial charge in [-0.05, 0) is 47.5 Å². The largest absolute Gasteiger partial charge is 0.508 e. The van der Waals surface area contributed by atoms with Crippen molar-refractivity contribution in [3.05, 3.63) is 106 Å². The Morgan fingerprint density at radius 2 is 1.67 bits per heavy atom. The molecular formula is C26H18ClN3O4S2. The first kappa shape index (κ1) is 24.1. The molecule has 7 nitrogen and oxygen atoms in total. The van der Waals surface area contributed by atoms with Gasteiger partial charge in [0.25, 0.3) is 5.78 Å². The molecule has 5 rings (SSSR count). The summed E-state index contributed by atoms with van der Waals surface area (Å²) in [6, 6.07) is 21.3. The number of phenols is 1. The molecule has 1 unspecified atom stereocenters. The van der Waals surface area contributed by atoms with E-state index in [9.17, 15) is 19.8 Å². The number of rotatable bonds is 6. The van der Waals surface area contributed by atoms with Gasteiger partial charge in [0.1, 0.15) is 11.5 Å².